The molecule has 1 aliphatic carbocycles. The largest absolute Gasteiger partial charge is 0.489 e. The van der Waals surface area contributed by atoms with Crippen molar-refractivity contribution in [2.45, 2.75) is 31.3 Å². The number of carboxylic acids is 1. The second kappa shape index (κ2) is 10.7. The van der Waals surface area contributed by atoms with Gasteiger partial charge in [0.1, 0.15) is 29.3 Å². The van der Waals surface area contributed by atoms with Gasteiger partial charge >= 0.3 is 5.97 Å². The molecule has 42 heavy (non-hydrogen) atoms. The average molecular weight is 645 g/mol. The summed E-state index contributed by atoms with van der Waals surface area (Å²) in [7, 11) is 0. The molecular weight excluding hydrogens is 624 g/mol. The lowest BCUT2D eigenvalue weighted by atomic mass is 9.92. The molecule has 1 aliphatic heterocycles. The summed E-state index contributed by atoms with van der Waals surface area (Å²) in [5.74, 6) is 0.0612. The summed E-state index contributed by atoms with van der Waals surface area (Å²) < 4.78 is 26.8. The van der Waals surface area contributed by atoms with Gasteiger partial charge in [-0.25, -0.2) is 14.2 Å². The molecule has 0 atom stereocenters. The number of carbonyl (C=O) groups is 1. The van der Waals surface area contributed by atoms with Crippen LogP contribution in [0.15, 0.2) is 53.1 Å². The molecule has 7 nitrogen and oxygen atoms in total. The van der Waals surface area contributed by atoms with E-state index in [1.165, 1.54) is 17.4 Å². The minimum Gasteiger partial charge on any atom is -0.489 e. The first-order valence-corrected chi connectivity index (χ1v) is 15.1. The van der Waals surface area contributed by atoms with Gasteiger partial charge in [-0.1, -0.05) is 63.4 Å². The number of ether oxygens (including phenoxy) is 1. The first-order valence-electron chi connectivity index (χ1n) is 13.2. The van der Waals surface area contributed by atoms with Crippen LogP contribution in [0, 0.1) is 5.82 Å². The number of thiazole rings is 1. The Bertz CT molecular complexity index is 1850. The highest BCUT2D eigenvalue weighted by Gasteiger charge is 2.34. The van der Waals surface area contributed by atoms with E-state index in [1.807, 2.05) is 17.0 Å². The third-order valence-corrected chi connectivity index (χ3v) is 9.62. The molecule has 3 heterocycles. The number of halogens is 4. The van der Waals surface area contributed by atoms with Gasteiger partial charge < -0.3 is 19.3 Å². The molecule has 0 amide bonds. The van der Waals surface area contributed by atoms with Crippen molar-refractivity contribution in [1.29, 1.82) is 0 Å². The first kappa shape index (κ1) is 27.5. The maximum atomic E-state index is 14.4. The summed E-state index contributed by atoms with van der Waals surface area (Å²) >= 11 is 20.9. The van der Waals surface area contributed by atoms with Crippen LogP contribution in [-0.2, 0) is 6.61 Å². The Morgan fingerprint density at radius 3 is 2.52 bits per heavy atom. The lowest BCUT2D eigenvalue weighted by molar-refractivity contribution is 0.0696. The van der Waals surface area contributed by atoms with Gasteiger partial charge in [-0.2, -0.15) is 0 Å². The highest BCUT2D eigenvalue weighted by Crippen LogP contribution is 2.46. The van der Waals surface area contributed by atoms with E-state index in [2.05, 4.69) is 10.1 Å². The molecule has 7 rings (SSSR count). The van der Waals surface area contributed by atoms with Crippen LogP contribution in [0.2, 0.25) is 15.1 Å². The Hall–Kier alpha value is -3.37. The fraction of sp³-hybridized carbons (Fsp3) is 0.233. The standard InChI is InChI=1S/C30H21Cl3FN3O4S/c31-20-2-1-3-21(32)25(20)26-19(28(41-36-26)14-4-5-14)13-40-17-6-7-18(22(33)10-17)16-11-37(12-16)30-35-27-23(34)8-15(29(38)39)9-24(27)42-30/h1-3,6-10,14,16H,4-5,11-13H2,(H,38,39). The van der Waals surface area contributed by atoms with E-state index < -0.39 is 11.8 Å². The topological polar surface area (TPSA) is 88.7 Å². The third-order valence-electron chi connectivity index (χ3n) is 7.60. The number of rotatable bonds is 8. The van der Waals surface area contributed by atoms with Gasteiger partial charge in [0.15, 0.2) is 10.9 Å². The molecular formula is C30H21Cl3FN3O4S. The zero-order valence-electron chi connectivity index (χ0n) is 21.7. The predicted molar refractivity (Wildman–Crippen MR) is 161 cm³/mol. The Morgan fingerprint density at radius 2 is 1.83 bits per heavy atom. The van der Waals surface area contributed by atoms with Gasteiger partial charge in [-0.05, 0) is 54.8 Å². The average Bonchev–Trinajstić information content (AvgIpc) is 3.54. The van der Waals surface area contributed by atoms with E-state index >= 15 is 0 Å². The number of nitrogens with zero attached hydrogens (tertiary/aromatic N) is 3. The highest BCUT2D eigenvalue weighted by atomic mass is 35.5. The molecule has 0 spiro atoms. The Kier molecular flexibility index (Phi) is 7.01. The van der Waals surface area contributed by atoms with Crippen LogP contribution in [0.3, 0.4) is 0 Å². The van der Waals surface area contributed by atoms with Crippen molar-refractivity contribution < 1.29 is 23.6 Å². The molecule has 1 saturated carbocycles. The highest BCUT2D eigenvalue weighted by molar-refractivity contribution is 7.22. The van der Waals surface area contributed by atoms with Crippen LogP contribution in [0.4, 0.5) is 9.52 Å². The number of hydrogen-bond acceptors (Lipinski definition) is 7. The lowest BCUT2D eigenvalue weighted by Crippen LogP contribution is -2.45. The lowest BCUT2D eigenvalue weighted by Gasteiger charge is -2.39. The van der Waals surface area contributed by atoms with E-state index in [-0.39, 0.29) is 23.6 Å². The maximum Gasteiger partial charge on any atom is 0.335 e. The summed E-state index contributed by atoms with van der Waals surface area (Å²) in [5, 5.41) is 15.7. The minimum absolute atomic E-state index is 0.0949. The second-order valence-electron chi connectivity index (χ2n) is 10.4. The number of fused-ring (bicyclic) bond motifs is 1. The molecule has 1 saturated heterocycles. The summed E-state index contributed by atoms with van der Waals surface area (Å²) in [5.41, 5.74) is 3.09. The van der Waals surface area contributed by atoms with Crippen molar-refractivity contribution in [2.75, 3.05) is 18.0 Å². The van der Waals surface area contributed by atoms with Gasteiger partial charge in [-0.3, -0.25) is 0 Å². The number of benzene rings is 3. The predicted octanol–water partition coefficient (Wildman–Crippen LogP) is 8.81. The number of carboxylic acid groups (broad SMARTS) is 1. The van der Waals surface area contributed by atoms with Crippen molar-refractivity contribution >= 4 is 67.5 Å². The van der Waals surface area contributed by atoms with Crippen molar-refractivity contribution in [3.8, 4) is 17.0 Å². The molecule has 3 aromatic carbocycles. The quantitative estimate of drug-likeness (QED) is 0.181. The van der Waals surface area contributed by atoms with E-state index in [4.69, 9.17) is 44.1 Å². The molecule has 0 radical (unpaired) electrons. The third kappa shape index (κ3) is 4.98. The summed E-state index contributed by atoms with van der Waals surface area (Å²) in [6, 6.07) is 13.4. The van der Waals surface area contributed by atoms with Crippen molar-refractivity contribution in [3.05, 3.63) is 91.9 Å². The molecule has 0 unspecified atom stereocenters. The van der Waals surface area contributed by atoms with Crippen LogP contribution >= 0.6 is 46.1 Å². The van der Waals surface area contributed by atoms with E-state index in [0.29, 0.717) is 60.9 Å². The molecule has 12 heteroatoms. The van der Waals surface area contributed by atoms with Gasteiger partial charge in [0, 0.05) is 35.5 Å². The summed E-state index contributed by atoms with van der Waals surface area (Å²) in [4.78, 5) is 17.7. The molecule has 2 fully saturated rings. The smallest absolute Gasteiger partial charge is 0.335 e. The number of anilines is 1. The first-order chi connectivity index (χ1) is 20.3. The molecule has 2 aromatic heterocycles. The Labute approximate surface area is 258 Å². The number of hydrogen-bond donors (Lipinski definition) is 1. The molecule has 214 valence electrons. The maximum absolute atomic E-state index is 14.4. The van der Waals surface area contributed by atoms with Gasteiger partial charge in [0.05, 0.1) is 25.9 Å². The molecule has 2 aliphatic rings. The Morgan fingerprint density at radius 1 is 1.07 bits per heavy atom. The fourth-order valence-corrected chi connectivity index (χ4v) is 7.14. The van der Waals surface area contributed by atoms with E-state index in [0.717, 1.165) is 35.8 Å². The zero-order chi connectivity index (χ0) is 29.1. The number of aromatic nitrogens is 2. The number of aromatic carboxylic acids is 1. The van der Waals surface area contributed by atoms with Crippen LogP contribution in [0.1, 0.15) is 51.9 Å². The van der Waals surface area contributed by atoms with Crippen molar-refractivity contribution in [2.24, 2.45) is 0 Å². The summed E-state index contributed by atoms with van der Waals surface area (Å²) in [6.07, 6.45) is 2.07. The van der Waals surface area contributed by atoms with E-state index in [9.17, 15) is 14.3 Å². The Balaban J connectivity index is 1.06. The normalized spacial score (nSPS) is 15.3. The molecule has 5 aromatic rings. The van der Waals surface area contributed by atoms with E-state index in [1.54, 1.807) is 24.3 Å². The SMILES string of the molecule is O=C(O)c1cc(F)c2nc(N3CC(c4ccc(OCc5c(-c6c(Cl)cccc6Cl)noc5C5CC5)cc4Cl)C3)sc2c1. The van der Waals surface area contributed by atoms with Gasteiger partial charge in [-0.15, -0.1) is 0 Å². The second-order valence-corrected chi connectivity index (χ2v) is 12.7. The minimum atomic E-state index is -1.17. The van der Waals surface area contributed by atoms with Gasteiger partial charge in [0.25, 0.3) is 0 Å². The van der Waals surface area contributed by atoms with Crippen molar-refractivity contribution in [3.63, 3.8) is 0 Å². The van der Waals surface area contributed by atoms with Crippen LogP contribution in [0.25, 0.3) is 21.5 Å². The molecule has 0 bridgehead atoms. The fourth-order valence-electron chi connectivity index (χ4n) is 5.20. The molecule has 1 N–H and O–H groups in total. The van der Waals surface area contributed by atoms with Gasteiger partial charge in [0.2, 0.25) is 0 Å². The van der Waals surface area contributed by atoms with Crippen LogP contribution in [0.5, 0.6) is 5.75 Å². The van der Waals surface area contributed by atoms with Crippen LogP contribution < -0.4 is 9.64 Å². The van der Waals surface area contributed by atoms with Crippen molar-refractivity contribution in [1.82, 2.24) is 10.1 Å². The zero-order valence-corrected chi connectivity index (χ0v) is 24.8. The monoisotopic (exact) mass is 643 g/mol. The summed E-state index contributed by atoms with van der Waals surface area (Å²) in [6.45, 7) is 1.53. The van der Waals surface area contributed by atoms with Crippen LogP contribution in [-0.4, -0.2) is 34.3 Å².